The number of methoxy groups -OCH3 is 1. The van der Waals surface area contributed by atoms with Crippen molar-refractivity contribution >= 4 is 18.2 Å². The largest absolute Gasteiger partial charge is 0.508 e. The van der Waals surface area contributed by atoms with Crippen LogP contribution in [0.15, 0.2) is 12.1 Å². The summed E-state index contributed by atoms with van der Waals surface area (Å²) in [7, 11) is 1.05. The SMILES string of the molecule is COC(=O)c1cc(O)c(C)c(O)c1Oc1c(C=O)c(O)cc(C)c1C(=O)O. The average Bonchev–Trinajstić information content (AvgIpc) is 2.60. The highest BCUT2D eigenvalue weighted by Gasteiger charge is 2.28. The first-order chi connectivity index (χ1) is 12.6. The number of phenols is 3. The minimum Gasteiger partial charge on any atom is -0.508 e. The maximum absolute atomic E-state index is 12.0. The fourth-order valence-corrected chi connectivity index (χ4v) is 2.47. The van der Waals surface area contributed by atoms with Crippen molar-refractivity contribution in [3.05, 3.63) is 39.9 Å². The molecule has 0 unspecified atom stereocenters. The van der Waals surface area contributed by atoms with Gasteiger partial charge in [0.2, 0.25) is 0 Å². The molecule has 142 valence electrons. The van der Waals surface area contributed by atoms with E-state index in [1.165, 1.54) is 13.8 Å². The van der Waals surface area contributed by atoms with E-state index < -0.39 is 57.4 Å². The summed E-state index contributed by atoms with van der Waals surface area (Å²) in [6.45, 7) is 2.69. The topological polar surface area (TPSA) is 151 Å². The van der Waals surface area contributed by atoms with Crippen LogP contribution in [0.2, 0.25) is 0 Å². The molecule has 9 heteroatoms. The summed E-state index contributed by atoms with van der Waals surface area (Å²) in [6.07, 6.45) is 0.179. The van der Waals surface area contributed by atoms with Gasteiger partial charge in [0.15, 0.2) is 23.5 Å². The maximum Gasteiger partial charge on any atom is 0.341 e. The molecule has 0 aliphatic heterocycles. The van der Waals surface area contributed by atoms with Crippen LogP contribution in [0, 0.1) is 13.8 Å². The molecule has 0 saturated carbocycles. The number of benzene rings is 2. The number of rotatable bonds is 5. The number of aryl methyl sites for hydroxylation is 1. The lowest BCUT2D eigenvalue weighted by Crippen LogP contribution is -2.09. The van der Waals surface area contributed by atoms with Crippen molar-refractivity contribution in [2.75, 3.05) is 7.11 Å². The molecule has 0 atom stereocenters. The summed E-state index contributed by atoms with van der Waals surface area (Å²) >= 11 is 0. The first-order valence-electron chi connectivity index (χ1n) is 7.50. The Morgan fingerprint density at radius 3 is 2.19 bits per heavy atom. The lowest BCUT2D eigenvalue weighted by molar-refractivity contribution is 0.0596. The number of hydrogen-bond donors (Lipinski definition) is 4. The summed E-state index contributed by atoms with van der Waals surface area (Å²) in [5.41, 5.74) is -1.32. The number of hydrogen-bond acceptors (Lipinski definition) is 8. The molecule has 2 aromatic carbocycles. The van der Waals surface area contributed by atoms with Crippen molar-refractivity contribution in [2.45, 2.75) is 13.8 Å². The van der Waals surface area contributed by atoms with Crippen molar-refractivity contribution in [1.29, 1.82) is 0 Å². The molecule has 0 fully saturated rings. The number of ether oxygens (including phenoxy) is 2. The Labute approximate surface area is 153 Å². The molecule has 4 N–H and O–H groups in total. The molecule has 0 aromatic heterocycles. The molecule has 27 heavy (non-hydrogen) atoms. The Kier molecular flexibility index (Phi) is 5.25. The molecule has 9 nitrogen and oxygen atoms in total. The van der Waals surface area contributed by atoms with Gasteiger partial charge in [0, 0.05) is 5.56 Å². The predicted octanol–water partition coefficient (Wildman–Crippen LogP) is 2.51. The van der Waals surface area contributed by atoms with E-state index in [9.17, 15) is 34.8 Å². The molecule has 0 amide bonds. The van der Waals surface area contributed by atoms with E-state index in [4.69, 9.17) is 4.74 Å². The molecular formula is C18H16O9. The number of esters is 1. The van der Waals surface area contributed by atoms with Gasteiger partial charge in [-0.2, -0.15) is 0 Å². The first kappa shape index (κ1) is 19.6. The Morgan fingerprint density at radius 1 is 1.04 bits per heavy atom. The lowest BCUT2D eigenvalue weighted by atomic mass is 10.0. The summed E-state index contributed by atoms with van der Waals surface area (Å²) in [5, 5.41) is 39.5. The molecule has 0 bridgehead atoms. The van der Waals surface area contributed by atoms with Gasteiger partial charge in [-0.3, -0.25) is 4.79 Å². The van der Waals surface area contributed by atoms with E-state index in [1.54, 1.807) is 0 Å². The zero-order valence-corrected chi connectivity index (χ0v) is 14.6. The molecule has 0 radical (unpaired) electrons. The monoisotopic (exact) mass is 376 g/mol. The Morgan fingerprint density at radius 2 is 1.67 bits per heavy atom. The number of carbonyl (C=O) groups excluding carboxylic acids is 2. The normalized spacial score (nSPS) is 10.3. The van der Waals surface area contributed by atoms with Gasteiger partial charge in [-0.05, 0) is 31.5 Å². The van der Waals surface area contributed by atoms with Crippen LogP contribution in [-0.2, 0) is 4.74 Å². The number of phenolic OH excluding ortho intramolecular Hbond substituents is 3. The Hall–Kier alpha value is -3.75. The van der Waals surface area contributed by atoms with Crippen molar-refractivity contribution in [3.8, 4) is 28.7 Å². The highest BCUT2D eigenvalue weighted by molar-refractivity contribution is 5.99. The highest BCUT2D eigenvalue weighted by atomic mass is 16.5. The van der Waals surface area contributed by atoms with Crippen molar-refractivity contribution in [3.63, 3.8) is 0 Å². The Bertz CT molecular complexity index is 960. The van der Waals surface area contributed by atoms with E-state index >= 15 is 0 Å². The molecule has 0 aliphatic carbocycles. The van der Waals surface area contributed by atoms with E-state index in [1.807, 2.05) is 0 Å². The van der Waals surface area contributed by atoms with Gasteiger partial charge in [-0.25, -0.2) is 9.59 Å². The number of carboxylic acids is 1. The molecule has 2 rings (SSSR count). The standard InChI is InChI=1S/C18H16O9/c1-7-4-12(21)10(6-19)15(13(7)17(23)24)27-16-9(18(25)26-3)5-11(20)8(2)14(16)22/h4-6,20-22H,1-3H3,(H,23,24). The maximum atomic E-state index is 12.0. The van der Waals surface area contributed by atoms with Crippen LogP contribution in [0.3, 0.4) is 0 Å². The molecule has 0 saturated heterocycles. The minimum absolute atomic E-state index is 0.0564. The van der Waals surface area contributed by atoms with Gasteiger partial charge in [-0.15, -0.1) is 0 Å². The van der Waals surface area contributed by atoms with Gasteiger partial charge in [-0.1, -0.05) is 0 Å². The smallest absolute Gasteiger partial charge is 0.341 e. The third kappa shape index (κ3) is 3.34. The van der Waals surface area contributed by atoms with Crippen LogP contribution >= 0.6 is 0 Å². The second-order valence-corrected chi connectivity index (χ2v) is 5.59. The molecule has 0 spiro atoms. The number of aldehydes is 1. The van der Waals surface area contributed by atoms with Crippen molar-refractivity contribution < 1.29 is 44.3 Å². The van der Waals surface area contributed by atoms with E-state index in [0.717, 1.165) is 19.2 Å². The highest BCUT2D eigenvalue weighted by Crippen LogP contribution is 2.44. The summed E-state index contributed by atoms with van der Waals surface area (Å²) in [5.74, 6) is -5.19. The van der Waals surface area contributed by atoms with Crippen LogP contribution in [0.4, 0.5) is 0 Å². The number of aromatic carboxylic acids is 1. The fraction of sp³-hybridized carbons (Fsp3) is 0.167. The van der Waals surface area contributed by atoms with Crippen LogP contribution in [0.5, 0.6) is 28.7 Å². The average molecular weight is 376 g/mol. The van der Waals surface area contributed by atoms with Crippen LogP contribution in [-0.4, -0.2) is 45.8 Å². The predicted molar refractivity (Wildman–Crippen MR) is 91.1 cm³/mol. The summed E-state index contributed by atoms with van der Waals surface area (Å²) in [6, 6.07) is 2.04. The quantitative estimate of drug-likeness (QED) is 0.456. The summed E-state index contributed by atoms with van der Waals surface area (Å²) in [4.78, 5) is 35.0. The van der Waals surface area contributed by atoms with Gasteiger partial charge < -0.3 is 29.9 Å². The van der Waals surface area contributed by atoms with Gasteiger partial charge in [0.1, 0.15) is 22.6 Å². The second-order valence-electron chi connectivity index (χ2n) is 5.59. The minimum atomic E-state index is -1.46. The number of carboxylic acid groups (broad SMARTS) is 1. The van der Waals surface area contributed by atoms with E-state index in [2.05, 4.69) is 4.74 Å². The van der Waals surface area contributed by atoms with Crippen LogP contribution < -0.4 is 4.74 Å². The molecular weight excluding hydrogens is 360 g/mol. The zero-order chi connectivity index (χ0) is 20.5. The van der Waals surface area contributed by atoms with Crippen molar-refractivity contribution in [1.82, 2.24) is 0 Å². The fourth-order valence-electron chi connectivity index (χ4n) is 2.47. The molecule has 2 aromatic rings. The van der Waals surface area contributed by atoms with E-state index in [0.29, 0.717) is 0 Å². The van der Waals surface area contributed by atoms with Crippen molar-refractivity contribution in [2.24, 2.45) is 0 Å². The lowest BCUT2D eigenvalue weighted by Gasteiger charge is -2.18. The first-order valence-corrected chi connectivity index (χ1v) is 7.50. The number of aromatic hydroxyl groups is 3. The van der Waals surface area contributed by atoms with Gasteiger partial charge in [0.05, 0.1) is 12.7 Å². The van der Waals surface area contributed by atoms with Crippen LogP contribution in [0.1, 0.15) is 42.2 Å². The third-order valence-electron chi connectivity index (χ3n) is 3.92. The Balaban J connectivity index is 2.85. The van der Waals surface area contributed by atoms with Crippen LogP contribution in [0.25, 0.3) is 0 Å². The third-order valence-corrected chi connectivity index (χ3v) is 3.92. The number of carbonyl (C=O) groups is 3. The van der Waals surface area contributed by atoms with E-state index in [-0.39, 0.29) is 17.4 Å². The molecule has 0 heterocycles. The second kappa shape index (κ2) is 7.24. The van der Waals surface area contributed by atoms with Gasteiger partial charge in [0.25, 0.3) is 0 Å². The zero-order valence-electron chi connectivity index (χ0n) is 14.6. The summed E-state index contributed by atoms with van der Waals surface area (Å²) < 4.78 is 10.0. The van der Waals surface area contributed by atoms with Gasteiger partial charge >= 0.3 is 11.9 Å². The molecule has 0 aliphatic rings.